The smallest absolute Gasteiger partial charge is 0.270 e. The molecule has 3 aromatic rings. The van der Waals surface area contributed by atoms with E-state index < -0.39 is 0 Å². The van der Waals surface area contributed by atoms with Gasteiger partial charge >= 0.3 is 0 Å². The van der Waals surface area contributed by atoms with E-state index >= 15 is 0 Å². The molecule has 0 radical (unpaired) electrons. The predicted octanol–water partition coefficient (Wildman–Crippen LogP) is 4.16. The largest absolute Gasteiger partial charge is 0.350 e. The molecule has 4 nitrogen and oxygen atoms in total. The molecule has 136 valence electrons. The third-order valence-electron chi connectivity index (χ3n) is 4.23. The highest BCUT2D eigenvalue weighted by atomic mass is 35.5. The van der Waals surface area contributed by atoms with E-state index in [-0.39, 0.29) is 11.7 Å². The Morgan fingerprint density at radius 3 is 2.50 bits per heavy atom. The van der Waals surface area contributed by atoms with Crippen LogP contribution < -0.4 is 0 Å². The van der Waals surface area contributed by atoms with Gasteiger partial charge in [-0.15, -0.1) is 0 Å². The van der Waals surface area contributed by atoms with Gasteiger partial charge in [0.1, 0.15) is 11.5 Å². The van der Waals surface area contributed by atoms with Crippen LogP contribution in [-0.2, 0) is 6.54 Å². The highest BCUT2D eigenvalue weighted by molar-refractivity contribution is 6.30. The number of likely N-dealkylation sites (N-methyl/N-ethyl adjacent to an activating group) is 1. The number of fused-ring (bicyclic) bond motifs is 1. The Labute approximate surface area is 157 Å². The first-order valence-electron chi connectivity index (χ1n) is 8.40. The van der Waals surface area contributed by atoms with E-state index in [9.17, 15) is 9.18 Å². The average Bonchev–Trinajstić information content (AvgIpc) is 3.05. The molecule has 0 saturated heterocycles. The highest BCUT2D eigenvalue weighted by Gasteiger charge is 2.19. The molecular formula is C20H21ClFN3O. The maximum Gasteiger partial charge on any atom is 0.270 e. The molecule has 0 aliphatic carbocycles. The van der Waals surface area contributed by atoms with Crippen LogP contribution in [0.15, 0.2) is 48.5 Å². The zero-order chi connectivity index (χ0) is 18.7. The molecule has 0 aliphatic rings. The fourth-order valence-electron chi connectivity index (χ4n) is 2.79. The van der Waals surface area contributed by atoms with E-state index in [1.807, 2.05) is 43.3 Å². The van der Waals surface area contributed by atoms with E-state index in [1.54, 1.807) is 23.1 Å². The Bertz CT molecular complexity index is 905. The van der Waals surface area contributed by atoms with Crippen molar-refractivity contribution in [2.75, 3.05) is 27.2 Å². The number of nitrogens with zero attached hydrogens (tertiary/aromatic N) is 2. The second-order valence-corrected chi connectivity index (χ2v) is 6.98. The van der Waals surface area contributed by atoms with Crippen molar-refractivity contribution in [3.05, 3.63) is 70.6 Å². The molecule has 2 aromatic carbocycles. The molecule has 1 N–H and O–H groups in total. The van der Waals surface area contributed by atoms with Crippen molar-refractivity contribution >= 4 is 28.4 Å². The highest BCUT2D eigenvalue weighted by Crippen LogP contribution is 2.20. The molecule has 26 heavy (non-hydrogen) atoms. The number of halogens is 2. The lowest BCUT2D eigenvalue weighted by Gasteiger charge is -2.24. The van der Waals surface area contributed by atoms with Crippen LogP contribution in [-0.4, -0.2) is 47.9 Å². The molecule has 6 heteroatoms. The van der Waals surface area contributed by atoms with E-state index in [1.165, 1.54) is 6.07 Å². The standard InChI is InChI=1S/C20H21ClFN3O/c1-24(2)10-11-25(13-14-6-8-15(21)9-7-14)20(26)19-12-16-17(22)4-3-5-18(16)23-19/h3-9,12,23H,10-11,13H2,1-2H3. The molecule has 0 saturated carbocycles. The number of carbonyl (C=O) groups excluding carboxylic acids is 1. The lowest BCUT2D eigenvalue weighted by Crippen LogP contribution is -2.36. The van der Waals surface area contributed by atoms with Gasteiger partial charge in [-0.05, 0) is 50.0 Å². The first kappa shape index (κ1) is 18.4. The normalized spacial score (nSPS) is 11.3. The summed E-state index contributed by atoms with van der Waals surface area (Å²) in [5, 5.41) is 1.08. The van der Waals surface area contributed by atoms with E-state index in [4.69, 9.17) is 11.6 Å². The minimum atomic E-state index is -0.338. The van der Waals surface area contributed by atoms with Crippen LogP contribution in [0.3, 0.4) is 0 Å². The van der Waals surface area contributed by atoms with Crippen LogP contribution in [0, 0.1) is 5.82 Å². The van der Waals surface area contributed by atoms with Gasteiger partial charge in [0.25, 0.3) is 5.91 Å². The van der Waals surface area contributed by atoms with Gasteiger partial charge < -0.3 is 14.8 Å². The molecule has 0 fully saturated rings. The minimum Gasteiger partial charge on any atom is -0.350 e. The number of hydrogen-bond donors (Lipinski definition) is 1. The molecule has 0 aliphatic heterocycles. The van der Waals surface area contributed by atoms with Gasteiger partial charge in [0.2, 0.25) is 0 Å². The summed E-state index contributed by atoms with van der Waals surface area (Å²) in [6.07, 6.45) is 0. The van der Waals surface area contributed by atoms with E-state index in [0.29, 0.717) is 34.7 Å². The van der Waals surface area contributed by atoms with Crippen LogP contribution in [0.25, 0.3) is 10.9 Å². The number of rotatable bonds is 6. The first-order valence-corrected chi connectivity index (χ1v) is 8.77. The number of aromatic amines is 1. The third-order valence-corrected chi connectivity index (χ3v) is 4.48. The van der Waals surface area contributed by atoms with Crippen LogP contribution in [0.2, 0.25) is 5.02 Å². The lowest BCUT2D eigenvalue weighted by molar-refractivity contribution is 0.0727. The Kier molecular flexibility index (Phi) is 5.59. The average molecular weight is 374 g/mol. The Balaban J connectivity index is 1.87. The summed E-state index contributed by atoms with van der Waals surface area (Å²) in [6.45, 7) is 1.75. The zero-order valence-corrected chi connectivity index (χ0v) is 15.6. The van der Waals surface area contributed by atoms with Crippen molar-refractivity contribution in [1.82, 2.24) is 14.8 Å². The Morgan fingerprint density at radius 1 is 1.12 bits per heavy atom. The van der Waals surface area contributed by atoms with Crippen LogP contribution in [0.4, 0.5) is 4.39 Å². The van der Waals surface area contributed by atoms with Crippen molar-refractivity contribution in [2.45, 2.75) is 6.54 Å². The van der Waals surface area contributed by atoms with Gasteiger partial charge in [-0.3, -0.25) is 4.79 Å². The van der Waals surface area contributed by atoms with Gasteiger partial charge in [-0.2, -0.15) is 0 Å². The summed E-state index contributed by atoms with van der Waals surface area (Å²) in [6, 6.07) is 13.8. The first-order chi connectivity index (χ1) is 12.4. The number of benzene rings is 2. The number of nitrogens with one attached hydrogen (secondary N) is 1. The molecule has 0 atom stereocenters. The topological polar surface area (TPSA) is 39.3 Å². The van der Waals surface area contributed by atoms with Gasteiger partial charge in [-0.25, -0.2) is 4.39 Å². The minimum absolute atomic E-state index is 0.155. The van der Waals surface area contributed by atoms with Gasteiger partial charge in [0.05, 0.1) is 0 Å². The van der Waals surface area contributed by atoms with Crippen molar-refractivity contribution < 1.29 is 9.18 Å². The summed E-state index contributed by atoms with van der Waals surface area (Å²) in [7, 11) is 3.92. The van der Waals surface area contributed by atoms with Gasteiger partial charge in [-0.1, -0.05) is 29.8 Å². The summed E-state index contributed by atoms with van der Waals surface area (Å²) in [5.41, 5.74) is 1.99. The summed E-state index contributed by atoms with van der Waals surface area (Å²) in [5.74, 6) is -0.493. The molecule has 1 heterocycles. The molecule has 0 bridgehead atoms. The molecule has 1 aromatic heterocycles. The Morgan fingerprint density at radius 2 is 1.85 bits per heavy atom. The second-order valence-electron chi connectivity index (χ2n) is 6.54. The van der Waals surface area contributed by atoms with Crippen molar-refractivity contribution in [1.29, 1.82) is 0 Å². The van der Waals surface area contributed by atoms with Crippen LogP contribution >= 0.6 is 11.6 Å². The summed E-state index contributed by atoms with van der Waals surface area (Å²) < 4.78 is 13.9. The Hall–Kier alpha value is -2.37. The van der Waals surface area contributed by atoms with E-state index in [2.05, 4.69) is 4.98 Å². The SMILES string of the molecule is CN(C)CCN(Cc1ccc(Cl)cc1)C(=O)c1cc2c(F)cccc2[nH]1. The fourth-order valence-corrected chi connectivity index (χ4v) is 2.91. The van der Waals surface area contributed by atoms with Crippen molar-refractivity contribution in [3.63, 3.8) is 0 Å². The number of amides is 1. The molecule has 0 unspecified atom stereocenters. The summed E-state index contributed by atoms with van der Waals surface area (Å²) in [4.78, 5) is 19.8. The zero-order valence-electron chi connectivity index (χ0n) is 14.8. The maximum atomic E-state index is 13.9. The van der Waals surface area contributed by atoms with Crippen LogP contribution in [0.5, 0.6) is 0 Å². The molecule has 1 amide bonds. The number of aromatic nitrogens is 1. The number of H-pyrrole nitrogens is 1. The van der Waals surface area contributed by atoms with Crippen molar-refractivity contribution in [2.24, 2.45) is 0 Å². The van der Waals surface area contributed by atoms with Gasteiger partial charge in [0, 0.05) is 35.6 Å². The molecule has 3 rings (SSSR count). The monoisotopic (exact) mass is 373 g/mol. The maximum absolute atomic E-state index is 13.9. The lowest BCUT2D eigenvalue weighted by atomic mass is 10.2. The third kappa shape index (κ3) is 4.23. The molecular weight excluding hydrogens is 353 g/mol. The predicted molar refractivity (Wildman–Crippen MR) is 103 cm³/mol. The number of hydrogen-bond acceptors (Lipinski definition) is 2. The van der Waals surface area contributed by atoms with Crippen LogP contribution in [0.1, 0.15) is 16.1 Å². The second kappa shape index (κ2) is 7.89. The van der Waals surface area contributed by atoms with Crippen molar-refractivity contribution in [3.8, 4) is 0 Å². The number of carbonyl (C=O) groups is 1. The van der Waals surface area contributed by atoms with E-state index in [0.717, 1.165) is 12.1 Å². The quantitative estimate of drug-likeness (QED) is 0.704. The fraction of sp³-hybridized carbons (Fsp3) is 0.250. The summed E-state index contributed by atoms with van der Waals surface area (Å²) >= 11 is 5.94. The molecule has 0 spiro atoms. The van der Waals surface area contributed by atoms with Gasteiger partial charge in [0.15, 0.2) is 0 Å².